The van der Waals surface area contributed by atoms with Crippen LogP contribution in [0.1, 0.15) is 16.6 Å². The average Bonchev–Trinajstić information content (AvgIpc) is 3.26. The maximum Gasteiger partial charge on any atom is 0.350 e. The Bertz CT molecular complexity index is 1040. The summed E-state index contributed by atoms with van der Waals surface area (Å²) in [6.07, 6.45) is 1.88. The molecule has 8 nitrogen and oxygen atoms in total. The van der Waals surface area contributed by atoms with Crippen molar-refractivity contribution in [2.24, 2.45) is 0 Å². The van der Waals surface area contributed by atoms with Crippen LogP contribution < -0.4 is 20.5 Å². The summed E-state index contributed by atoms with van der Waals surface area (Å²) in [7, 11) is 0. The van der Waals surface area contributed by atoms with Crippen LogP contribution in [0.5, 0.6) is 11.5 Å². The Morgan fingerprint density at radius 2 is 2.19 bits per heavy atom. The first kappa shape index (κ1) is 17.7. The zero-order chi connectivity index (χ0) is 19.0. The Morgan fingerprint density at radius 1 is 1.37 bits per heavy atom. The minimum atomic E-state index is -0.460. The molecule has 0 aliphatic carbocycles. The van der Waals surface area contributed by atoms with E-state index in [1.807, 2.05) is 24.5 Å². The first-order valence-electron chi connectivity index (χ1n) is 8.08. The first-order chi connectivity index (χ1) is 13.1. The van der Waals surface area contributed by atoms with Crippen LogP contribution in [0.4, 0.5) is 17.2 Å². The highest BCUT2D eigenvalue weighted by Crippen LogP contribution is 2.40. The Morgan fingerprint density at radius 3 is 2.96 bits per heavy atom. The highest BCUT2D eigenvalue weighted by atomic mass is 32.2. The molecule has 10 heteroatoms. The highest BCUT2D eigenvalue weighted by Gasteiger charge is 2.23. The third-order valence-electron chi connectivity index (χ3n) is 3.85. The number of nitrogen functional groups attached to an aromatic ring is 1. The van der Waals surface area contributed by atoms with Gasteiger partial charge in [-0.3, -0.25) is 0 Å². The quantitative estimate of drug-likeness (QED) is 0.374. The van der Waals surface area contributed by atoms with Crippen molar-refractivity contribution in [2.75, 3.05) is 30.7 Å². The first-order valence-corrected chi connectivity index (χ1v) is 10.1. The molecule has 0 saturated heterocycles. The molecule has 0 amide bonds. The third-order valence-corrected chi connectivity index (χ3v) is 5.47. The normalized spacial score (nSPS) is 12.4. The SMILES string of the molecule is CCOC(=O)c1sc2nc(SC)nc(Nc3ccc4c(c3)OCO4)c2c1N. The van der Waals surface area contributed by atoms with Crippen LogP contribution in [0.25, 0.3) is 10.2 Å². The van der Waals surface area contributed by atoms with E-state index >= 15 is 0 Å². The fourth-order valence-electron chi connectivity index (χ4n) is 2.64. The van der Waals surface area contributed by atoms with Crippen molar-refractivity contribution in [3.8, 4) is 11.5 Å². The second-order valence-electron chi connectivity index (χ2n) is 5.50. The summed E-state index contributed by atoms with van der Waals surface area (Å²) in [6, 6.07) is 5.50. The molecule has 3 aromatic rings. The summed E-state index contributed by atoms with van der Waals surface area (Å²) in [5.74, 6) is 1.41. The predicted molar refractivity (Wildman–Crippen MR) is 105 cm³/mol. The molecule has 1 aliphatic rings. The Labute approximate surface area is 163 Å². The lowest BCUT2D eigenvalue weighted by Crippen LogP contribution is -2.05. The Hall–Kier alpha value is -2.72. The van der Waals surface area contributed by atoms with Gasteiger partial charge in [0.2, 0.25) is 6.79 Å². The minimum Gasteiger partial charge on any atom is -0.462 e. The summed E-state index contributed by atoms with van der Waals surface area (Å²) >= 11 is 2.60. The van der Waals surface area contributed by atoms with E-state index in [9.17, 15) is 4.79 Å². The second kappa shape index (κ2) is 7.12. The number of thiophene rings is 1. The molecule has 0 atom stereocenters. The van der Waals surface area contributed by atoms with E-state index in [0.29, 0.717) is 43.3 Å². The smallest absolute Gasteiger partial charge is 0.350 e. The van der Waals surface area contributed by atoms with E-state index < -0.39 is 5.97 Å². The Balaban J connectivity index is 1.79. The molecule has 0 bridgehead atoms. The van der Waals surface area contributed by atoms with Crippen molar-refractivity contribution in [2.45, 2.75) is 12.1 Å². The van der Waals surface area contributed by atoms with E-state index in [4.69, 9.17) is 19.9 Å². The molecule has 4 rings (SSSR count). The monoisotopic (exact) mass is 404 g/mol. The average molecular weight is 404 g/mol. The summed E-state index contributed by atoms with van der Waals surface area (Å²) in [6.45, 7) is 2.23. The number of aromatic nitrogens is 2. The van der Waals surface area contributed by atoms with Crippen LogP contribution in [0.15, 0.2) is 23.4 Å². The fourth-order valence-corrected chi connectivity index (χ4v) is 4.05. The van der Waals surface area contributed by atoms with Gasteiger partial charge in [-0.1, -0.05) is 11.8 Å². The van der Waals surface area contributed by atoms with Crippen molar-refractivity contribution >= 4 is 56.5 Å². The molecule has 2 aromatic heterocycles. The molecular formula is C17H16N4O4S2. The molecule has 0 radical (unpaired) electrons. The predicted octanol–water partition coefficient (Wildman–Crippen LogP) is 3.64. The summed E-state index contributed by atoms with van der Waals surface area (Å²) in [4.78, 5) is 22.1. The van der Waals surface area contributed by atoms with Gasteiger partial charge in [0.05, 0.1) is 17.7 Å². The number of esters is 1. The molecule has 0 saturated carbocycles. The number of nitrogens with two attached hydrogens (primary N) is 1. The molecule has 0 fully saturated rings. The zero-order valence-electron chi connectivity index (χ0n) is 14.6. The molecule has 3 heterocycles. The van der Waals surface area contributed by atoms with Gasteiger partial charge in [-0.05, 0) is 25.3 Å². The van der Waals surface area contributed by atoms with Crippen molar-refractivity contribution in [3.63, 3.8) is 0 Å². The molecule has 140 valence electrons. The maximum atomic E-state index is 12.2. The van der Waals surface area contributed by atoms with Crippen molar-refractivity contribution in [1.29, 1.82) is 0 Å². The summed E-state index contributed by atoms with van der Waals surface area (Å²) in [5.41, 5.74) is 7.31. The Kier molecular flexibility index (Phi) is 4.66. The number of ether oxygens (including phenoxy) is 3. The topological polar surface area (TPSA) is 109 Å². The van der Waals surface area contributed by atoms with E-state index in [2.05, 4.69) is 15.3 Å². The molecule has 0 spiro atoms. The summed E-state index contributed by atoms with van der Waals surface area (Å²) in [5, 5.41) is 4.42. The zero-order valence-corrected chi connectivity index (χ0v) is 16.2. The van der Waals surface area contributed by atoms with Gasteiger partial charge >= 0.3 is 5.97 Å². The second-order valence-corrected chi connectivity index (χ2v) is 7.27. The molecular weight excluding hydrogens is 388 g/mol. The molecule has 1 aromatic carbocycles. The fraction of sp³-hybridized carbons (Fsp3) is 0.235. The lowest BCUT2D eigenvalue weighted by Gasteiger charge is -2.09. The number of nitrogens with zero attached hydrogens (tertiary/aromatic N) is 2. The molecule has 3 N–H and O–H groups in total. The van der Waals surface area contributed by atoms with E-state index in [1.165, 1.54) is 23.1 Å². The number of thioether (sulfide) groups is 1. The van der Waals surface area contributed by atoms with Crippen LogP contribution in [0, 0.1) is 0 Å². The van der Waals surface area contributed by atoms with Crippen LogP contribution in [-0.2, 0) is 4.74 Å². The third kappa shape index (κ3) is 3.21. The van der Waals surface area contributed by atoms with Crippen molar-refractivity contribution in [1.82, 2.24) is 9.97 Å². The van der Waals surface area contributed by atoms with Crippen molar-refractivity contribution in [3.05, 3.63) is 23.1 Å². The largest absolute Gasteiger partial charge is 0.462 e. The van der Waals surface area contributed by atoms with Crippen LogP contribution >= 0.6 is 23.1 Å². The number of anilines is 3. The molecule has 1 aliphatic heterocycles. The van der Waals surface area contributed by atoms with Gasteiger partial charge in [0.1, 0.15) is 15.5 Å². The van der Waals surface area contributed by atoms with Gasteiger partial charge in [0, 0.05) is 11.8 Å². The maximum absolute atomic E-state index is 12.2. The summed E-state index contributed by atoms with van der Waals surface area (Å²) < 4.78 is 15.8. The minimum absolute atomic E-state index is 0.202. The number of nitrogens with one attached hydrogen (secondary N) is 1. The van der Waals surface area contributed by atoms with E-state index in [1.54, 1.807) is 6.92 Å². The van der Waals surface area contributed by atoms with Crippen molar-refractivity contribution < 1.29 is 19.0 Å². The number of carbonyl (C=O) groups excluding carboxylic acids is 1. The number of hydrogen-bond acceptors (Lipinski definition) is 10. The number of hydrogen-bond donors (Lipinski definition) is 2. The lowest BCUT2D eigenvalue weighted by molar-refractivity contribution is 0.0533. The number of benzene rings is 1. The molecule has 27 heavy (non-hydrogen) atoms. The van der Waals surface area contributed by atoms with Crippen LogP contribution in [0.3, 0.4) is 0 Å². The van der Waals surface area contributed by atoms with E-state index in [-0.39, 0.29) is 13.4 Å². The number of carbonyl (C=O) groups is 1. The van der Waals surface area contributed by atoms with Gasteiger partial charge < -0.3 is 25.3 Å². The standard InChI is InChI=1S/C17H16N4O4S2/c1-3-23-16(22)13-12(18)11-14(20-17(26-2)21-15(11)27-13)19-8-4-5-9-10(6-8)25-7-24-9/h4-6H,3,7,18H2,1-2H3,(H,19,20,21). The van der Waals surface area contributed by atoms with Gasteiger partial charge in [0.15, 0.2) is 16.7 Å². The van der Waals surface area contributed by atoms with Crippen LogP contribution in [0.2, 0.25) is 0 Å². The van der Waals surface area contributed by atoms with Gasteiger partial charge in [0.25, 0.3) is 0 Å². The van der Waals surface area contributed by atoms with Gasteiger partial charge in [-0.2, -0.15) is 0 Å². The number of fused-ring (bicyclic) bond motifs is 2. The number of rotatable bonds is 5. The highest BCUT2D eigenvalue weighted by molar-refractivity contribution is 7.98. The van der Waals surface area contributed by atoms with Crippen LogP contribution in [-0.4, -0.2) is 35.6 Å². The lowest BCUT2D eigenvalue weighted by atomic mass is 10.2. The van der Waals surface area contributed by atoms with Gasteiger partial charge in [-0.15, -0.1) is 11.3 Å². The molecule has 0 unspecified atom stereocenters. The van der Waals surface area contributed by atoms with E-state index in [0.717, 1.165) is 5.69 Å². The van der Waals surface area contributed by atoms with Gasteiger partial charge in [-0.25, -0.2) is 14.8 Å².